The Balaban J connectivity index is 1.15. The Morgan fingerprint density at radius 2 is 1.84 bits per heavy atom. The fourth-order valence-corrected chi connectivity index (χ4v) is 7.01. The summed E-state index contributed by atoms with van der Waals surface area (Å²) in [4.78, 5) is 33.3. The molecule has 2 amide bonds. The van der Waals surface area contributed by atoms with Gasteiger partial charge < -0.3 is 19.4 Å². The molecule has 0 aromatic carbocycles. The minimum Gasteiger partial charge on any atom is -0.444 e. The molecule has 1 aromatic rings. The quantitative estimate of drug-likeness (QED) is 0.612. The molecule has 0 radical (unpaired) electrons. The van der Waals surface area contributed by atoms with E-state index in [4.69, 9.17) is 9.84 Å². The molecule has 206 valence electrons. The molecule has 1 aromatic heterocycles. The molecule has 5 rings (SSSR count). The Morgan fingerprint density at radius 1 is 1.14 bits per heavy atom. The van der Waals surface area contributed by atoms with Crippen LogP contribution in [0, 0.1) is 18.3 Å². The van der Waals surface area contributed by atoms with Gasteiger partial charge in [0.05, 0.1) is 12.6 Å². The summed E-state index contributed by atoms with van der Waals surface area (Å²) in [5.41, 5.74) is 0.985. The van der Waals surface area contributed by atoms with E-state index in [9.17, 15) is 9.59 Å². The van der Waals surface area contributed by atoms with Crippen LogP contribution in [-0.2, 0) is 9.53 Å². The number of carbonyl (C=O) groups excluding carboxylic acids is 2. The maximum atomic E-state index is 12.5. The molecule has 3 saturated heterocycles. The number of piperazine rings is 1. The molecular formula is C28H46N6O3. The van der Waals surface area contributed by atoms with Crippen LogP contribution in [0.4, 0.5) is 10.6 Å². The number of anilines is 1. The van der Waals surface area contributed by atoms with Gasteiger partial charge in [-0.05, 0) is 80.2 Å². The van der Waals surface area contributed by atoms with Crippen molar-refractivity contribution in [1.29, 1.82) is 0 Å². The first-order chi connectivity index (χ1) is 17.2. The maximum absolute atomic E-state index is 12.5. The van der Waals surface area contributed by atoms with E-state index in [1.54, 1.807) is 0 Å². The van der Waals surface area contributed by atoms with Crippen molar-refractivity contribution in [3.63, 3.8) is 0 Å². The van der Waals surface area contributed by atoms with Crippen LogP contribution in [0.25, 0.3) is 0 Å². The highest BCUT2D eigenvalue weighted by Crippen LogP contribution is 2.54. The molecule has 0 N–H and O–H groups in total. The van der Waals surface area contributed by atoms with Crippen LogP contribution in [0.1, 0.15) is 72.0 Å². The summed E-state index contributed by atoms with van der Waals surface area (Å²) in [6, 6.07) is 2.64. The van der Waals surface area contributed by atoms with Gasteiger partial charge in [-0.3, -0.25) is 14.4 Å². The SMILES string of the molecule is Cc1cc(N2CCC(CN3CCN(C)CC3=O)CC2(C)C)nn1C1CC2(C1)CN(C(=O)OC(C)(C)C)C2. The predicted molar refractivity (Wildman–Crippen MR) is 144 cm³/mol. The number of ether oxygens (including phenoxy) is 1. The van der Waals surface area contributed by atoms with Gasteiger partial charge in [0.1, 0.15) is 5.60 Å². The molecule has 0 bridgehead atoms. The highest BCUT2D eigenvalue weighted by Gasteiger charge is 2.55. The number of aryl methyl sites for hydroxylation is 1. The Hall–Kier alpha value is -2.29. The molecule has 3 aliphatic heterocycles. The maximum Gasteiger partial charge on any atom is 0.410 e. The number of carbonyl (C=O) groups is 2. The summed E-state index contributed by atoms with van der Waals surface area (Å²) in [5.74, 6) is 1.86. The van der Waals surface area contributed by atoms with E-state index < -0.39 is 5.60 Å². The van der Waals surface area contributed by atoms with Gasteiger partial charge in [-0.2, -0.15) is 5.10 Å². The average molecular weight is 515 g/mol. The molecule has 4 fully saturated rings. The van der Waals surface area contributed by atoms with Crippen molar-refractivity contribution in [1.82, 2.24) is 24.5 Å². The van der Waals surface area contributed by atoms with Crippen molar-refractivity contribution < 1.29 is 14.3 Å². The van der Waals surface area contributed by atoms with E-state index in [1.165, 1.54) is 5.69 Å². The van der Waals surface area contributed by atoms with Gasteiger partial charge in [0, 0.05) is 62.0 Å². The third-order valence-corrected chi connectivity index (χ3v) is 8.84. The van der Waals surface area contributed by atoms with E-state index >= 15 is 0 Å². The van der Waals surface area contributed by atoms with Crippen molar-refractivity contribution in [3.05, 3.63) is 11.8 Å². The van der Waals surface area contributed by atoms with Crippen molar-refractivity contribution in [2.24, 2.45) is 11.3 Å². The van der Waals surface area contributed by atoms with Crippen LogP contribution in [0.15, 0.2) is 6.07 Å². The van der Waals surface area contributed by atoms with Crippen LogP contribution in [0.2, 0.25) is 0 Å². The fraction of sp³-hybridized carbons (Fsp3) is 0.821. The van der Waals surface area contributed by atoms with Gasteiger partial charge in [-0.15, -0.1) is 0 Å². The number of hydrogen-bond donors (Lipinski definition) is 0. The summed E-state index contributed by atoms with van der Waals surface area (Å²) < 4.78 is 7.75. The molecule has 9 heteroatoms. The van der Waals surface area contributed by atoms with Crippen LogP contribution in [0.3, 0.4) is 0 Å². The number of rotatable bonds is 4. The molecule has 1 saturated carbocycles. The van der Waals surface area contributed by atoms with Crippen molar-refractivity contribution >= 4 is 17.8 Å². The van der Waals surface area contributed by atoms with E-state index in [0.717, 1.165) is 70.8 Å². The highest BCUT2D eigenvalue weighted by atomic mass is 16.6. The Bertz CT molecular complexity index is 1030. The molecule has 9 nitrogen and oxygen atoms in total. The lowest BCUT2D eigenvalue weighted by molar-refractivity contribution is -0.136. The van der Waals surface area contributed by atoms with Gasteiger partial charge in [0.2, 0.25) is 5.91 Å². The number of piperidine rings is 1. The average Bonchev–Trinajstić information content (AvgIpc) is 3.07. The molecule has 1 aliphatic carbocycles. The summed E-state index contributed by atoms with van der Waals surface area (Å²) in [6.45, 7) is 18.3. The monoisotopic (exact) mass is 514 g/mol. The minimum absolute atomic E-state index is 0.00705. The smallest absolute Gasteiger partial charge is 0.410 e. The van der Waals surface area contributed by atoms with E-state index in [1.807, 2.05) is 32.7 Å². The molecule has 1 spiro atoms. The molecule has 4 heterocycles. The molecule has 1 atom stereocenters. The lowest BCUT2D eigenvalue weighted by atomic mass is 9.61. The normalized spacial score (nSPS) is 26.3. The number of hydrogen-bond acceptors (Lipinski definition) is 6. The third-order valence-electron chi connectivity index (χ3n) is 8.84. The molecule has 37 heavy (non-hydrogen) atoms. The van der Waals surface area contributed by atoms with Gasteiger partial charge in [0.15, 0.2) is 5.82 Å². The number of likely N-dealkylation sites (tertiary alicyclic amines) is 1. The predicted octanol–water partition coefficient (Wildman–Crippen LogP) is 3.53. The second-order valence-electron chi connectivity index (χ2n) is 13.9. The zero-order valence-electron chi connectivity index (χ0n) is 23.9. The standard InChI is InChI=1S/C28H46N6O3/c1-20-12-23(29-34(20)22-14-28(15-22)18-32(19-28)25(36)37-26(2,3)4)33-9-8-21(13-27(33,5)6)16-31-11-10-30(7)17-24(31)35/h12,21-22H,8-11,13-19H2,1-7H3. The summed E-state index contributed by atoms with van der Waals surface area (Å²) in [7, 11) is 2.02. The van der Waals surface area contributed by atoms with Crippen molar-refractivity contribution in [3.8, 4) is 0 Å². The Morgan fingerprint density at radius 3 is 2.46 bits per heavy atom. The number of amides is 2. The lowest BCUT2D eigenvalue weighted by Crippen LogP contribution is -2.64. The van der Waals surface area contributed by atoms with Gasteiger partial charge in [0.25, 0.3) is 0 Å². The largest absolute Gasteiger partial charge is 0.444 e. The highest BCUT2D eigenvalue weighted by molar-refractivity contribution is 5.79. The van der Waals surface area contributed by atoms with Gasteiger partial charge in [-0.1, -0.05) is 0 Å². The molecule has 4 aliphatic rings. The van der Waals surface area contributed by atoms with Gasteiger partial charge >= 0.3 is 6.09 Å². The first-order valence-corrected chi connectivity index (χ1v) is 14.0. The van der Waals surface area contributed by atoms with Crippen LogP contribution >= 0.6 is 0 Å². The van der Waals surface area contributed by atoms with Crippen LogP contribution in [-0.4, -0.2) is 100 Å². The molecular weight excluding hydrogens is 468 g/mol. The zero-order chi connectivity index (χ0) is 26.8. The van der Waals surface area contributed by atoms with Crippen molar-refractivity contribution in [2.75, 3.05) is 57.8 Å². The summed E-state index contributed by atoms with van der Waals surface area (Å²) in [6.07, 6.45) is 4.09. The Kier molecular flexibility index (Phi) is 6.52. The second-order valence-corrected chi connectivity index (χ2v) is 13.9. The van der Waals surface area contributed by atoms with E-state index in [-0.39, 0.29) is 23.0 Å². The van der Waals surface area contributed by atoms with E-state index in [0.29, 0.717) is 18.5 Å². The molecule has 1 unspecified atom stereocenters. The first-order valence-electron chi connectivity index (χ1n) is 14.0. The minimum atomic E-state index is -0.450. The van der Waals surface area contributed by atoms with Gasteiger partial charge in [-0.25, -0.2) is 4.79 Å². The van der Waals surface area contributed by atoms with Crippen LogP contribution in [0.5, 0.6) is 0 Å². The fourth-order valence-electron chi connectivity index (χ4n) is 7.01. The second kappa shape index (κ2) is 9.17. The third kappa shape index (κ3) is 5.33. The lowest BCUT2D eigenvalue weighted by Gasteiger charge is -2.58. The van der Waals surface area contributed by atoms with Crippen LogP contribution < -0.4 is 4.90 Å². The summed E-state index contributed by atoms with van der Waals surface area (Å²) in [5, 5.41) is 5.11. The topological polar surface area (TPSA) is 74.2 Å². The number of likely N-dealkylation sites (N-methyl/N-ethyl adjacent to an activating group) is 1. The Labute approximate surface area is 222 Å². The van der Waals surface area contributed by atoms with E-state index in [2.05, 4.69) is 46.2 Å². The zero-order valence-corrected chi connectivity index (χ0v) is 23.9. The first kappa shape index (κ1) is 26.3. The summed E-state index contributed by atoms with van der Waals surface area (Å²) >= 11 is 0. The number of nitrogens with zero attached hydrogens (tertiary/aromatic N) is 6. The van der Waals surface area contributed by atoms with Crippen molar-refractivity contribution in [2.45, 2.75) is 84.4 Å². The number of aromatic nitrogens is 2.